The first-order valence-electron chi connectivity index (χ1n) is 6.35. The van der Waals surface area contributed by atoms with Crippen LogP contribution in [0.1, 0.15) is 29.2 Å². The number of aromatic nitrogens is 4. The normalized spacial score (nSPS) is 14.1. The zero-order chi connectivity index (χ0) is 15.0. The molecule has 0 aliphatic carbocycles. The Morgan fingerprint density at radius 2 is 2.09 bits per heavy atom. The van der Waals surface area contributed by atoms with E-state index >= 15 is 0 Å². The number of hydrogen-bond donors (Lipinski definition) is 1. The molecule has 2 aromatic heterocycles. The van der Waals surface area contributed by atoms with Crippen LogP contribution in [0.2, 0.25) is 0 Å². The average Bonchev–Trinajstić information content (AvgIpc) is 2.97. The maximum absolute atomic E-state index is 12.6. The van der Waals surface area contributed by atoms with E-state index in [0.717, 1.165) is 30.6 Å². The fourth-order valence-electron chi connectivity index (χ4n) is 2.30. The molecule has 3 heterocycles. The lowest BCUT2D eigenvalue weighted by Gasteiger charge is -2.05. The predicted octanol–water partition coefficient (Wildman–Crippen LogP) is 2.52. The van der Waals surface area contributed by atoms with E-state index in [1.807, 2.05) is 4.68 Å². The van der Waals surface area contributed by atoms with Crippen molar-refractivity contribution in [3.63, 3.8) is 0 Å². The number of rotatable bonds is 2. The molecule has 0 aromatic carbocycles. The Labute approximate surface area is 129 Å². The Kier molecular flexibility index (Phi) is 4.41. The highest BCUT2D eigenvalue weighted by molar-refractivity contribution is 5.85. The van der Waals surface area contributed by atoms with E-state index in [4.69, 9.17) is 0 Å². The van der Waals surface area contributed by atoms with E-state index in [9.17, 15) is 18.0 Å². The third kappa shape index (κ3) is 3.22. The molecule has 118 valence electrons. The summed E-state index contributed by atoms with van der Waals surface area (Å²) in [6, 6.07) is 0.439. The van der Waals surface area contributed by atoms with Crippen molar-refractivity contribution in [1.82, 2.24) is 19.7 Å². The van der Waals surface area contributed by atoms with Gasteiger partial charge in [-0.05, 0) is 25.0 Å². The summed E-state index contributed by atoms with van der Waals surface area (Å²) in [6.45, 7) is 0.849. The van der Waals surface area contributed by atoms with Crippen LogP contribution in [0.4, 0.5) is 13.2 Å². The van der Waals surface area contributed by atoms with Crippen LogP contribution in [-0.2, 0) is 19.1 Å². The number of H-pyrrole nitrogens is 1. The van der Waals surface area contributed by atoms with Gasteiger partial charge in [-0.2, -0.15) is 18.3 Å². The first kappa shape index (κ1) is 16.3. The number of hydrogen-bond acceptors (Lipinski definition) is 3. The van der Waals surface area contributed by atoms with Gasteiger partial charge in [0.15, 0.2) is 5.69 Å². The van der Waals surface area contributed by atoms with Crippen molar-refractivity contribution in [1.29, 1.82) is 0 Å². The first-order valence-corrected chi connectivity index (χ1v) is 6.35. The van der Waals surface area contributed by atoms with Gasteiger partial charge in [0.1, 0.15) is 5.82 Å². The van der Waals surface area contributed by atoms with Gasteiger partial charge in [-0.15, -0.1) is 12.4 Å². The molecule has 0 amide bonds. The highest BCUT2D eigenvalue weighted by Gasteiger charge is 2.33. The van der Waals surface area contributed by atoms with Gasteiger partial charge in [0, 0.05) is 23.9 Å². The van der Waals surface area contributed by atoms with Gasteiger partial charge in [0.25, 0.3) is 5.56 Å². The van der Waals surface area contributed by atoms with Crippen LogP contribution in [0.3, 0.4) is 0 Å². The number of alkyl halides is 3. The molecule has 0 unspecified atom stereocenters. The van der Waals surface area contributed by atoms with Crippen molar-refractivity contribution in [2.45, 2.75) is 25.6 Å². The van der Waals surface area contributed by atoms with E-state index in [2.05, 4.69) is 15.1 Å². The lowest BCUT2D eigenvalue weighted by atomic mass is 10.2. The quantitative estimate of drug-likeness (QED) is 0.919. The fourth-order valence-corrected chi connectivity index (χ4v) is 2.30. The van der Waals surface area contributed by atoms with E-state index in [-0.39, 0.29) is 18.2 Å². The topological polar surface area (TPSA) is 63.6 Å². The Bertz CT molecular complexity index is 763. The molecule has 0 atom stereocenters. The van der Waals surface area contributed by atoms with Crippen molar-refractivity contribution < 1.29 is 13.2 Å². The minimum Gasteiger partial charge on any atom is -0.307 e. The number of nitrogens with zero attached hydrogens (tertiary/aromatic N) is 3. The van der Waals surface area contributed by atoms with Crippen LogP contribution in [0.15, 0.2) is 17.1 Å². The molecular formula is C13H12ClF3N4O. The molecule has 0 fully saturated rings. The largest absolute Gasteiger partial charge is 0.433 e. The first-order chi connectivity index (χ1) is 9.93. The third-order valence-corrected chi connectivity index (χ3v) is 3.24. The van der Waals surface area contributed by atoms with Crippen molar-refractivity contribution in [3.8, 4) is 0 Å². The van der Waals surface area contributed by atoms with E-state index in [0.29, 0.717) is 6.07 Å². The molecule has 1 N–H and O–H groups in total. The molecule has 0 bridgehead atoms. The highest BCUT2D eigenvalue weighted by Crippen LogP contribution is 2.26. The molecular weight excluding hydrogens is 321 g/mol. The minimum absolute atomic E-state index is 0. The molecule has 0 saturated carbocycles. The van der Waals surface area contributed by atoms with Crippen LogP contribution in [0, 0.1) is 0 Å². The SMILES string of the molecule is Cl.O=c1cc(C(F)(F)F)nc(/C=C/c2cnn3c2CCC3)[nH]1. The standard InChI is InChI=1S/C13H11F3N4O.ClH/c14-13(15,16)10-6-12(21)19-11(18-10)4-3-8-7-17-20-5-1-2-9(8)20;/h3-4,6-7H,1-2,5H2,(H,18,19,21);1H/b4-3+;. The van der Waals surface area contributed by atoms with Gasteiger partial charge in [-0.3, -0.25) is 9.48 Å². The molecule has 1 aliphatic rings. The zero-order valence-electron chi connectivity index (χ0n) is 11.2. The number of nitrogens with one attached hydrogen (secondary N) is 1. The van der Waals surface area contributed by atoms with Crippen LogP contribution in [0.25, 0.3) is 12.2 Å². The maximum atomic E-state index is 12.6. The Morgan fingerprint density at radius 3 is 2.82 bits per heavy atom. The summed E-state index contributed by atoms with van der Waals surface area (Å²) in [7, 11) is 0. The zero-order valence-corrected chi connectivity index (χ0v) is 12.0. The molecule has 0 radical (unpaired) electrons. The summed E-state index contributed by atoms with van der Waals surface area (Å²) in [4.78, 5) is 16.9. The van der Waals surface area contributed by atoms with Crippen LogP contribution >= 0.6 is 12.4 Å². The molecule has 1 aliphatic heterocycles. The smallest absolute Gasteiger partial charge is 0.307 e. The number of fused-ring (bicyclic) bond motifs is 1. The molecule has 9 heteroatoms. The summed E-state index contributed by atoms with van der Waals surface area (Å²) < 4.78 is 39.6. The van der Waals surface area contributed by atoms with Crippen LogP contribution < -0.4 is 5.56 Å². The van der Waals surface area contributed by atoms with Crippen molar-refractivity contribution >= 4 is 24.6 Å². The lowest BCUT2D eigenvalue weighted by Crippen LogP contribution is -2.17. The molecule has 5 nitrogen and oxygen atoms in total. The van der Waals surface area contributed by atoms with Crippen LogP contribution in [0.5, 0.6) is 0 Å². The van der Waals surface area contributed by atoms with Gasteiger partial charge >= 0.3 is 6.18 Å². The summed E-state index contributed by atoms with van der Waals surface area (Å²) >= 11 is 0. The van der Waals surface area contributed by atoms with Crippen LogP contribution in [-0.4, -0.2) is 19.7 Å². The molecule has 22 heavy (non-hydrogen) atoms. The summed E-state index contributed by atoms with van der Waals surface area (Å²) in [5.74, 6) is -0.132. The minimum atomic E-state index is -4.64. The fraction of sp³-hybridized carbons (Fsp3) is 0.308. The average molecular weight is 333 g/mol. The van der Waals surface area contributed by atoms with E-state index in [1.54, 1.807) is 12.3 Å². The van der Waals surface area contributed by atoms with E-state index < -0.39 is 17.4 Å². The molecule has 3 rings (SSSR count). The maximum Gasteiger partial charge on any atom is 0.433 e. The second-order valence-electron chi connectivity index (χ2n) is 4.72. The number of aryl methyl sites for hydroxylation is 1. The summed E-state index contributed by atoms with van der Waals surface area (Å²) in [5.41, 5.74) is -0.170. The monoisotopic (exact) mass is 332 g/mol. The summed E-state index contributed by atoms with van der Waals surface area (Å²) in [6.07, 6.45) is 1.86. The van der Waals surface area contributed by atoms with Gasteiger partial charge in [-0.1, -0.05) is 0 Å². The highest BCUT2D eigenvalue weighted by atomic mass is 35.5. The Morgan fingerprint density at radius 1 is 1.32 bits per heavy atom. The second kappa shape index (κ2) is 5.96. The Balaban J connectivity index is 0.00000176. The van der Waals surface area contributed by atoms with Crippen molar-refractivity contribution in [2.24, 2.45) is 0 Å². The van der Waals surface area contributed by atoms with Gasteiger partial charge in [0.2, 0.25) is 0 Å². The predicted molar refractivity (Wildman–Crippen MR) is 76.6 cm³/mol. The second-order valence-corrected chi connectivity index (χ2v) is 4.72. The summed E-state index contributed by atoms with van der Waals surface area (Å²) in [5, 5.41) is 4.18. The van der Waals surface area contributed by atoms with Gasteiger partial charge in [0.05, 0.1) is 6.20 Å². The number of halogens is 4. The molecule has 2 aromatic rings. The third-order valence-electron chi connectivity index (χ3n) is 3.24. The van der Waals surface area contributed by atoms with Gasteiger partial charge < -0.3 is 4.98 Å². The molecule has 0 spiro atoms. The van der Waals surface area contributed by atoms with Crippen molar-refractivity contribution in [3.05, 3.63) is 45.4 Å². The van der Waals surface area contributed by atoms with Crippen molar-refractivity contribution in [2.75, 3.05) is 0 Å². The van der Waals surface area contributed by atoms with Gasteiger partial charge in [-0.25, -0.2) is 4.98 Å². The van der Waals surface area contributed by atoms with E-state index in [1.165, 1.54) is 6.08 Å². The Hall–Kier alpha value is -2.09. The number of aromatic amines is 1. The lowest BCUT2D eigenvalue weighted by molar-refractivity contribution is -0.141. The molecule has 0 saturated heterocycles.